The fraction of sp³-hybridized carbons (Fsp3) is 0.571. The van der Waals surface area contributed by atoms with Crippen molar-refractivity contribution in [1.82, 2.24) is 0 Å². The molecule has 2 heteroatoms. The molecule has 1 fully saturated rings. The molecule has 1 aromatic rings. The van der Waals surface area contributed by atoms with Gasteiger partial charge in [-0.15, -0.1) is 0 Å². The highest BCUT2D eigenvalue weighted by Crippen LogP contribution is 2.32. The number of nitrogens with two attached hydrogens (primary N) is 1. The van der Waals surface area contributed by atoms with Crippen LogP contribution in [0.15, 0.2) is 24.3 Å². The molecule has 16 heavy (non-hydrogen) atoms. The Kier molecular flexibility index (Phi) is 3.56. The van der Waals surface area contributed by atoms with Crippen molar-refractivity contribution in [2.75, 3.05) is 0 Å². The molecule has 1 aromatic carbocycles. The second-order valence-corrected chi connectivity index (χ2v) is 5.80. The molecule has 0 aromatic heterocycles. The van der Waals surface area contributed by atoms with E-state index in [9.17, 15) is 0 Å². The second-order valence-electron chi connectivity index (χ2n) is 5.37. The second kappa shape index (κ2) is 4.77. The van der Waals surface area contributed by atoms with Gasteiger partial charge in [-0.05, 0) is 42.9 Å². The van der Waals surface area contributed by atoms with Crippen molar-refractivity contribution >= 4 is 11.6 Å². The van der Waals surface area contributed by atoms with E-state index in [4.69, 9.17) is 17.3 Å². The first-order valence-corrected chi connectivity index (χ1v) is 6.49. The van der Waals surface area contributed by atoms with Gasteiger partial charge in [0.25, 0.3) is 0 Å². The monoisotopic (exact) mass is 237 g/mol. The van der Waals surface area contributed by atoms with Gasteiger partial charge in [0.05, 0.1) is 0 Å². The third-order valence-corrected chi connectivity index (χ3v) is 3.85. The first-order valence-electron chi connectivity index (χ1n) is 6.11. The summed E-state index contributed by atoms with van der Waals surface area (Å²) in [6, 6.07) is 8.09. The summed E-state index contributed by atoms with van der Waals surface area (Å²) in [5.41, 5.74) is 7.80. The van der Waals surface area contributed by atoms with Gasteiger partial charge >= 0.3 is 0 Å². The standard InChI is InChI=1S/C14H20ClN/c1-11-3-2-8-14(16,9-11)10-12-4-6-13(15)7-5-12/h4-7,11H,2-3,8-10,16H2,1H3. The minimum absolute atomic E-state index is 0.00545. The number of benzene rings is 1. The van der Waals surface area contributed by atoms with E-state index in [2.05, 4.69) is 19.1 Å². The Morgan fingerprint density at radius 3 is 2.69 bits per heavy atom. The molecule has 2 N–H and O–H groups in total. The summed E-state index contributed by atoms with van der Waals surface area (Å²) >= 11 is 5.88. The fourth-order valence-electron chi connectivity index (χ4n) is 2.87. The van der Waals surface area contributed by atoms with Crippen LogP contribution in [0.3, 0.4) is 0 Å². The molecule has 1 saturated carbocycles. The van der Waals surface area contributed by atoms with Crippen molar-refractivity contribution in [2.24, 2.45) is 11.7 Å². The highest BCUT2D eigenvalue weighted by Gasteiger charge is 2.30. The summed E-state index contributed by atoms with van der Waals surface area (Å²) in [6.45, 7) is 2.31. The smallest absolute Gasteiger partial charge is 0.0406 e. The fourth-order valence-corrected chi connectivity index (χ4v) is 3.00. The zero-order chi connectivity index (χ0) is 11.6. The molecule has 88 valence electrons. The van der Waals surface area contributed by atoms with Crippen molar-refractivity contribution < 1.29 is 0 Å². The van der Waals surface area contributed by atoms with Crippen LogP contribution in [-0.2, 0) is 6.42 Å². The Labute approximate surface area is 103 Å². The SMILES string of the molecule is CC1CCCC(N)(Cc2ccc(Cl)cc2)C1. The van der Waals surface area contributed by atoms with E-state index >= 15 is 0 Å². The van der Waals surface area contributed by atoms with Gasteiger partial charge in [-0.25, -0.2) is 0 Å². The molecule has 2 atom stereocenters. The Morgan fingerprint density at radius 1 is 1.38 bits per heavy atom. The van der Waals surface area contributed by atoms with E-state index in [1.165, 1.54) is 18.4 Å². The lowest BCUT2D eigenvalue weighted by atomic mass is 9.74. The Bertz CT molecular complexity index is 346. The number of rotatable bonds is 2. The predicted molar refractivity (Wildman–Crippen MR) is 69.7 cm³/mol. The van der Waals surface area contributed by atoms with Gasteiger partial charge in [0.1, 0.15) is 0 Å². The molecule has 0 saturated heterocycles. The lowest BCUT2D eigenvalue weighted by Crippen LogP contribution is -2.45. The summed E-state index contributed by atoms with van der Waals surface area (Å²) in [6.07, 6.45) is 5.88. The minimum Gasteiger partial charge on any atom is -0.325 e. The molecule has 0 heterocycles. The van der Waals surface area contributed by atoms with Gasteiger partial charge in [-0.1, -0.05) is 43.5 Å². The molecule has 0 aliphatic heterocycles. The van der Waals surface area contributed by atoms with Crippen LogP contribution in [0.5, 0.6) is 0 Å². The Balaban J connectivity index is 2.05. The molecular weight excluding hydrogens is 218 g/mol. The summed E-state index contributed by atoms with van der Waals surface area (Å²) in [5.74, 6) is 0.769. The summed E-state index contributed by atoms with van der Waals surface area (Å²) in [4.78, 5) is 0. The van der Waals surface area contributed by atoms with Crippen LogP contribution in [0, 0.1) is 5.92 Å². The zero-order valence-corrected chi connectivity index (χ0v) is 10.6. The first kappa shape index (κ1) is 11.9. The van der Waals surface area contributed by atoms with Crippen molar-refractivity contribution in [1.29, 1.82) is 0 Å². The van der Waals surface area contributed by atoms with Crippen molar-refractivity contribution in [3.8, 4) is 0 Å². The quantitative estimate of drug-likeness (QED) is 0.832. The largest absolute Gasteiger partial charge is 0.325 e. The molecule has 1 aliphatic rings. The Morgan fingerprint density at radius 2 is 2.06 bits per heavy atom. The van der Waals surface area contributed by atoms with Gasteiger partial charge in [-0.2, -0.15) is 0 Å². The molecule has 2 unspecified atom stereocenters. The third kappa shape index (κ3) is 2.99. The highest BCUT2D eigenvalue weighted by molar-refractivity contribution is 6.30. The van der Waals surface area contributed by atoms with Crippen molar-refractivity contribution in [3.63, 3.8) is 0 Å². The average Bonchev–Trinajstić information content (AvgIpc) is 2.21. The van der Waals surface area contributed by atoms with E-state index < -0.39 is 0 Å². The number of hydrogen-bond acceptors (Lipinski definition) is 1. The average molecular weight is 238 g/mol. The highest BCUT2D eigenvalue weighted by atomic mass is 35.5. The first-order chi connectivity index (χ1) is 7.57. The van der Waals surface area contributed by atoms with E-state index in [0.29, 0.717) is 0 Å². The summed E-state index contributed by atoms with van der Waals surface area (Å²) < 4.78 is 0. The van der Waals surface area contributed by atoms with E-state index in [-0.39, 0.29) is 5.54 Å². The van der Waals surface area contributed by atoms with Gasteiger partial charge in [0, 0.05) is 10.6 Å². The van der Waals surface area contributed by atoms with Crippen molar-refractivity contribution in [3.05, 3.63) is 34.9 Å². The van der Waals surface area contributed by atoms with Crippen LogP contribution in [0.1, 0.15) is 38.2 Å². The minimum atomic E-state index is 0.00545. The zero-order valence-electron chi connectivity index (χ0n) is 9.88. The molecule has 2 rings (SSSR count). The van der Waals surface area contributed by atoms with Gasteiger partial charge in [-0.3, -0.25) is 0 Å². The van der Waals surface area contributed by atoms with E-state index in [0.717, 1.165) is 30.2 Å². The van der Waals surface area contributed by atoms with Crippen LogP contribution in [-0.4, -0.2) is 5.54 Å². The third-order valence-electron chi connectivity index (χ3n) is 3.60. The Hall–Kier alpha value is -0.530. The molecule has 0 amide bonds. The van der Waals surface area contributed by atoms with Crippen molar-refractivity contribution in [2.45, 2.75) is 44.6 Å². The van der Waals surface area contributed by atoms with Crippen LogP contribution >= 0.6 is 11.6 Å². The van der Waals surface area contributed by atoms with Gasteiger partial charge in [0.2, 0.25) is 0 Å². The molecular formula is C14H20ClN. The predicted octanol–water partition coefficient (Wildman–Crippen LogP) is 3.79. The van der Waals surface area contributed by atoms with Gasteiger partial charge < -0.3 is 5.73 Å². The van der Waals surface area contributed by atoms with Crippen LogP contribution in [0.4, 0.5) is 0 Å². The van der Waals surface area contributed by atoms with Crippen LogP contribution in [0.25, 0.3) is 0 Å². The lowest BCUT2D eigenvalue weighted by molar-refractivity contribution is 0.235. The molecule has 0 radical (unpaired) electrons. The van der Waals surface area contributed by atoms with E-state index in [1.54, 1.807) is 0 Å². The molecule has 0 spiro atoms. The van der Waals surface area contributed by atoms with Gasteiger partial charge in [0.15, 0.2) is 0 Å². The molecule has 1 aliphatic carbocycles. The normalized spacial score (nSPS) is 30.3. The maximum Gasteiger partial charge on any atom is 0.0406 e. The lowest BCUT2D eigenvalue weighted by Gasteiger charge is -2.37. The maximum absolute atomic E-state index is 6.49. The number of halogens is 1. The maximum atomic E-state index is 6.49. The summed E-state index contributed by atoms with van der Waals surface area (Å²) in [5, 5.41) is 0.798. The number of hydrogen-bond donors (Lipinski definition) is 1. The van der Waals surface area contributed by atoms with E-state index in [1.807, 2.05) is 12.1 Å². The molecule has 1 nitrogen and oxygen atoms in total. The molecule has 0 bridgehead atoms. The van der Waals surface area contributed by atoms with Crippen LogP contribution in [0.2, 0.25) is 5.02 Å². The van der Waals surface area contributed by atoms with Crippen LogP contribution < -0.4 is 5.73 Å². The topological polar surface area (TPSA) is 26.0 Å². The summed E-state index contributed by atoms with van der Waals surface area (Å²) in [7, 11) is 0.